The number of carbonyl (C=O) groups is 2. The zero-order valence-corrected chi connectivity index (χ0v) is 21.2. The number of ketones is 1. The number of rotatable bonds is 6. The van der Waals surface area contributed by atoms with Gasteiger partial charge in [0.1, 0.15) is 12.4 Å². The zero-order chi connectivity index (χ0) is 25.4. The molecule has 5 rings (SSSR count). The van der Waals surface area contributed by atoms with Crippen molar-refractivity contribution in [3.05, 3.63) is 116 Å². The number of allylic oxidation sites excluding steroid dienone is 2. The molecule has 0 amide bonds. The largest absolute Gasteiger partial charge is 0.489 e. The Kier molecular flexibility index (Phi) is 6.61. The maximum Gasteiger partial charge on any atom is 0.336 e. The highest BCUT2D eigenvalue weighted by atomic mass is 35.5. The maximum atomic E-state index is 13.5. The number of esters is 1. The van der Waals surface area contributed by atoms with Crippen molar-refractivity contribution < 1.29 is 19.1 Å². The molecule has 0 spiro atoms. The van der Waals surface area contributed by atoms with Crippen molar-refractivity contribution in [2.75, 3.05) is 6.61 Å². The highest BCUT2D eigenvalue weighted by Gasteiger charge is 2.42. The zero-order valence-electron chi connectivity index (χ0n) is 19.7. The molecular formula is C29H23Cl2NO4. The predicted octanol–water partition coefficient (Wildman–Crippen LogP) is 6.70. The first-order valence-electron chi connectivity index (χ1n) is 11.6. The van der Waals surface area contributed by atoms with Gasteiger partial charge in [-0.25, -0.2) is 4.79 Å². The van der Waals surface area contributed by atoms with E-state index in [1.54, 1.807) is 19.1 Å². The summed E-state index contributed by atoms with van der Waals surface area (Å²) >= 11 is 12.2. The van der Waals surface area contributed by atoms with Crippen LogP contribution in [0.3, 0.4) is 0 Å². The monoisotopic (exact) mass is 519 g/mol. The van der Waals surface area contributed by atoms with Gasteiger partial charge in [0, 0.05) is 43.9 Å². The number of hydrogen-bond acceptors (Lipinski definition) is 5. The van der Waals surface area contributed by atoms with E-state index in [9.17, 15) is 9.59 Å². The van der Waals surface area contributed by atoms with E-state index in [0.717, 1.165) is 22.4 Å². The fraction of sp³-hybridized carbons (Fsp3) is 0.172. The first-order valence-corrected chi connectivity index (χ1v) is 12.3. The predicted molar refractivity (Wildman–Crippen MR) is 140 cm³/mol. The third-order valence-electron chi connectivity index (χ3n) is 6.37. The third-order valence-corrected chi connectivity index (χ3v) is 6.95. The minimum Gasteiger partial charge on any atom is -0.489 e. The molecule has 0 saturated carbocycles. The molecule has 182 valence electrons. The maximum absolute atomic E-state index is 13.5. The molecule has 0 fully saturated rings. The second kappa shape index (κ2) is 9.84. The molecule has 1 atom stereocenters. The average molecular weight is 520 g/mol. The molecule has 0 bridgehead atoms. The Labute approximate surface area is 219 Å². The second-order valence-corrected chi connectivity index (χ2v) is 9.42. The Morgan fingerprint density at radius 1 is 1.00 bits per heavy atom. The Morgan fingerprint density at radius 2 is 1.72 bits per heavy atom. The van der Waals surface area contributed by atoms with Crippen LogP contribution < -0.4 is 10.1 Å². The Morgan fingerprint density at radius 3 is 2.42 bits per heavy atom. The molecule has 5 nitrogen and oxygen atoms in total. The summed E-state index contributed by atoms with van der Waals surface area (Å²) in [6.45, 7) is 4.11. The second-order valence-electron chi connectivity index (χ2n) is 8.57. The number of ether oxygens (including phenoxy) is 2. The molecule has 3 aromatic rings. The molecular weight excluding hydrogens is 497 g/mol. The van der Waals surface area contributed by atoms with Gasteiger partial charge in [-0.3, -0.25) is 4.79 Å². The van der Waals surface area contributed by atoms with Crippen molar-refractivity contribution in [1.82, 2.24) is 5.32 Å². The normalized spacial score (nSPS) is 16.4. The van der Waals surface area contributed by atoms with Gasteiger partial charge in [-0.2, -0.15) is 0 Å². The highest BCUT2D eigenvalue weighted by Crippen LogP contribution is 2.46. The number of dihydropyridines is 1. The summed E-state index contributed by atoms with van der Waals surface area (Å²) in [6.07, 6.45) is 0. The van der Waals surface area contributed by atoms with E-state index >= 15 is 0 Å². The molecule has 7 heteroatoms. The van der Waals surface area contributed by atoms with Crippen molar-refractivity contribution in [3.63, 3.8) is 0 Å². The fourth-order valence-corrected chi connectivity index (χ4v) is 5.16. The lowest BCUT2D eigenvalue weighted by Gasteiger charge is -2.29. The molecule has 1 heterocycles. The summed E-state index contributed by atoms with van der Waals surface area (Å²) < 4.78 is 11.3. The first kappa shape index (κ1) is 24.2. The summed E-state index contributed by atoms with van der Waals surface area (Å²) in [4.78, 5) is 26.6. The van der Waals surface area contributed by atoms with Gasteiger partial charge < -0.3 is 14.8 Å². The van der Waals surface area contributed by atoms with E-state index in [4.69, 9.17) is 32.7 Å². The van der Waals surface area contributed by atoms with Crippen LogP contribution in [-0.2, 0) is 16.1 Å². The summed E-state index contributed by atoms with van der Waals surface area (Å²) in [5.41, 5.74) is 5.45. The Bertz CT molecular complexity index is 1440. The van der Waals surface area contributed by atoms with Crippen molar-refractivity contribution in [3.8, 4) is 5.75 Å². The SMILES string of the molecule is CCOC(=O)C1=C(C)NC2=C(C(=O)c3ccccc32)[C@H]1c1ccc(OCc2ccc(Cl)cc2Cl)cc1. The van der Waals surface area contributed by atoms with E-state index in [1.807, 2.05) is 61.5 Å². The summed E-state index contributed by atoms with van der Waals surface area (Å²) in [6, 6.07) is 20.1. The molecule has 1 aliphatic heterocycles. The van der Waals surface area contributed by atoms with Crippen LogP contribution in [0.15, 0.2) is 83.6 Å². The molecule has 1 aliphatic carbocycles. The van der Waals surface area contributed by atoms with Gasteiger partial charge in [-0.1, -0.05) is 65.7 Å². The number of carbonyl (C=O) groups excluding carboxylic acids is 2. The van der Waals surface area contributed by atoms with Crippen molar-refractivity contribution in [1.29, 1.82) is 0 Å². The number of fused-ring (bicyclic) bond motifs is 2. The minimum atomic E-state index is -0.569. The van der Waals surface area contributed by atoms with Gasteiger partial charge in [0.2, 0.25) is 0 Å². The van der Waals surface area contributed by atoms with E-state index in [2.05, 4.69) is 5.32 Å². The lowest BCUT2D eigenvalue weighted by atomic mass is 9.80. The molecule has 2 aliphatic rings. The topological polar surface area (TPSA) is 64.6 Å². The standard InChI is InChI=1S/C29H23Cl2NO4/c1-3-35-29(34)24-16(2)32-27-21-6-4-5-7-22(21)28(33)26(27)25(24)17-9-12-20(13-10-17)36-15-18-8-11-19(30)14-23(18)31/h4-14,25,32H,3,15H2,1-2H3/t25-/m0/s1. The molecule has 0 aromatic heterocycles. The average Bonchev–Trinajstić information content (AvgIpc) is 3.15. The van der Waals surface area contributed by atoms with Gasteiger partial charge in [0.15, 0.2) is 5.78 Å². The van der Waals surface area contributed by atoms with E-state index in [-0.39, 0.29) is 19.0 Å². The van der Waals surface area contributed by atoms with E-state index in [0.29, 0.717) is 38.2 Å². The van der Waals surface area contributed by atoms with E-state index < -0.39 is 11.9 Å². The van der Waals surface area contributed by atoms with Crippen LogP contribution >= 0.6 is 23.2 Å². The van der Waals surface area contributed by atoms with Crippen LogP contribution in [0.5, 0.6) is 5.75 Å². The molecule has 0 unspecified atom stereocenters. The quantitative estimate of drug-likeness (QED) is 0.367. The lowest BCUT2D eigenvalue weighted by molar-refractivity contribution is -0.138. The van der Waals surface area contributed by atoms with Crippen molar-refractivity contribution >= 4 is 40.7 Å². The fourth-order valence-electron chi connectivity index (χ4n) is 4.70. The molecule has 36 heavy (non-hydrogen) atoms. The number of nitrogens with one attached hydrogen (secondary N) is 1. The van der Waals surface area contributed by atoms with Crippen LogP contribution in [0.1, 0.15) is 46.8 Å². The molecule has 0 saturated heterocycles. The van der Waals surface area contributed by atoms with Gasteiger partial charge in [0.05, 0.1) is 17.9 Å². The summed E-state index contributed by atoms with van der Waals surface area (Å²) in [5, 5.41) is 4.40. The first-order chi connectivity index (χ1) is 17.4. The number of hydrogen-bond donors (Lipinski definition) is 1. The van der Waals surface area contributed by atoms with Crippen LogP contribution in [0.2, 0.25) is 10.0 Å². The van der Waals surface area contributed by atoms with Crippen LogP contribution in [0.4, 0.5) is 0 Å². The van der Waals surface area contributed by atoms with Gasteiger partial charge >= 0.3 is 5.97 Å². The number of Topliss-reactive ketones (excluding diaryl/α,β-unsaturated/α-hetero) is 1. The minimum absolute atomic E-state index is 0.0925. The van der Waals surface area contributed by atoms with Crippen LogP contribution in [0, 0.1) is 0 Å². The van der Waals surface area contributed by atoms with Gasteiger partial charge in [-0.15, -0.1) is 0 Å². The van der Waals surface area contributed by atoms with Crippen molar-refractivity contribution in [2.24, 2.45) is 0 Å². The molecule has 1 N–H and O–H groups in total. The van der Waals surface area contributed by atoms with Crippen LogP contribution in [-0.4, -0.2) is 18.4 Å². The highest BCUT2D eigenvalue weighted by molar-refractivity contribution is 6.35. The van der Waals surface area contributed by atoms with E-state index in [1.165, 1.54) is 0 Å². The lowest BCUT2D eigenvalue weighted by Crippen LogP contribution is -2.29. The van der Waals surface area contributed by atoms with Gasteiger partial charge in [0.25, 0.3) is 0 Å². The molecule has 3 aromatic carbocycles. The van der Waals surface area contributed by atoms with Crippen LogP contribution in [0.25, 0.3) is 5.70 Å². The summed E-state index contributed by atoms with van der Waals surface area (Å²) in [7, 11) is 0. The number of benzene rings is 3. The molecule has 0 radical (unpaired) electrons. The van der Waals surface area contributed by atoms with Crippen molar-refractivity contribution in [2.45, 2.75) is 26.4 Å². The Balaban J connectivity index is 1.49. The Hall–Kier alpha value is -3.54. The smallest absolute Gasteiger partial charge is 0.336 e. The third kappa shape index (κ3) is 4.29. The summed E-state index contributed by atoms with van der Waals surface area (Å²) in [5.74, 6) is -0.474. The van der Waals surface area contributed by atoms with Gasteiger partial charge in [-0.05, 0) is 43.7 Å². The number of halogens is 2.